The van der Waals surface area contributed by atoms with Gasteiger partial charge in [-0.15, -0.1) is 0 Å². The SMILES string of the molecule is C/C(=C\CC[C@@H](C)[C@H]1C[C@H](O)[C@@]2(O)[C@@]3(O)C(CC[C@]12C)[C@@]1(C)CC[C@H](O)[C@H](O)[C@]1(O)[C@@H](OS(=O)(=O)[O-])[C@@H]3O)CO.[Na+]. The van der Waals surface area contributed by atoms with Crippen molar-refractivity contribution in [2.24, 2.45) is 28.6 Å². The molecule has 232 valence electrons. The molecule has 41 heavy (non-hydrogen) atoms. The van der Waals surface area contributed by atoms with E-state index in [1.54, 1.807) is 13.8 Å². The summed E-state index contributed by atoms with van der Waals surface area (Å²) in [5, 5.41) is 90.7. The van der Waals surface area contributed by atoms with Gasteiger partial charge in [0.15, 0.2) is 0 Å². The Balaban J connectivity index is 0.00000462. The Bertz CT molecular complexity index is 1120. The smallest absolute Gasteiger partial charge is 0.726 e. The number of allylic oxidation sites excluding steroid dienone is 1. The third kappa shape index (κ3) is 4.86. The zero-order valence-electron chi connectivity index (χ0n) is 24.5. The average molecular weight is 617 g/mol. The molecule has 0 spiro atoms. The third-order valence-corrected chi connectivity index (χ3v) is 12.1. The van der Waals surface area contributed by atoms with Crippen LogP contribution in [0.5, 0.6) is 0 Å². The molecule has 12 nitrogen and oxygen atoms in total. The predicted octanol–water partition coefficient (Wildman–Crippen LogP) is -3.92. The van der Waals surface area contributed by atoms with Crippen molar-refractivity contribution in [2.75, 3.05) is 6.61 Å². The van der Waals surface area contributed by atoms with Crippen molar-refractivity contribution in [1.82, 2.24) is 0 Å². The normalized spacial score (nSPS) is 50.8. The van der Waals surface area contributed by atoms with Gasteiger partial charge < -0.3 is 45.4 Å². The van der Waals surface area contributed by atoms with E-state index in [9.17, 15) is 53.8 Å². The maximum absolute atomic E-state index is 12.5. The Morgan fingerprint density at radius 1 is 1.02 bits per heavy atom. The predicted molar refractivity (Wildman–Crippen MR) is 139 cm³/mol. The molecule has 0 aromatic heterocycles. The van der Waals surface area contributed by atoms with Gasteiger partial charge in [0.05, 0.1) is 18.8 Å². The van der Waals surface area contributed by atoms with Crippen LogP contribution in [0.25, 0.3) is 0 Å². The molecule has 13 atom stereocenters. The van der Waals surface area contributed by atoms with Crippen LogP contribution in [0.3, 0.4) is 0 Å². The molecule has 0 aromatic carbocycles. The molecule has 4 fully saturated rings. The van der Waals surface area contributed by atoms with Crippen LogP contribution in [0, 0.1) is 28.6 Å². The van der Waals surface area contributed by atoms with Crippen LogP contribution in [0.4, 0.5) is 0 Å². The summed E-state index contributed by atoms with van der Waals surface area (Å²) < 4.78 is 40.1. The van der Waals surface area contributed by atoms with E-state index in [1.165, 1.54) is 6.92 Å². The van der Waals surface area contributed by atoms with Crippen molar-refractivity contribution in [3.63, 3.8) is 0 Å². The third-order valence-electron chi connectivity index (χ3n) is 11.6. The van der Waals surface area contributed by atoms with Crippen molar-refractivity contribution in [3.8, 4) is 0 Å². The summed E-state index contributed by atoms with van der Waals surface area (Å²) in [7, 11) is -5.63. The molecular formula is C27H45NaO12S. The molecule has 0 amide bonds. The van der Waals surface area contributed by atoms with Crippen LogP contribution in [0.2, 0.25) is 0 Å². The summed E-state index contributed by atoms with van der Waals surface area (Å²) in [5.41, 5.74) is -9.82. The molecule has 0 bridgehead atoms. The van der Waals surface area contributed by atoms with Gasteiger partial charge in [-0.05, 0) is 63.7 Å². The topological polar surface area (TPSA) is 228 Å². The number of aliphatic hydroxyl groups excluding tert-OH is 5. The molecule has 0 heterocycles. The van der Waals surface area contributed by atoms with Crippen LogP contribution >= 0.6 is 0 Å². The monoisotopic (exact) mass is 616 g/mol. The Morgan fingerprint density at radius 3 is 2.17 bits per heavy atom. The minimum Gasteiger partial charge on any atom is -0.726 e. The number of hydrogen-bond acceptors (Lipinski definition) is 12. The second-order valence-electron chi connectivity index (χ2n) is 13.4. The first kappa shape index (κ1) is 35.8. The summed E-state index contributed by atoms with van der Waals surface area (Å²) >= 11 is 0. The van der Waals surface area contributed by atoms with Crippen LogP contribution in [-0.2, 0) is 14.6 Å². The van der Waals surface area contributed by atoms with Gasteiger partial charge in [0.2, 0.25) is 10.4 Å². The Morgan fingerprint density at radius 2 is 1.61 bits per heavy atom. The largest absolute Gasteiger partial charge is 1.00 e. The minimum atomic E-state index is -5.63. The van der Waals surface area contributed by atoms with E-state index in [0.717, 1.165) is 5.57 Å². The Labute approximate surface area is 263 Å². The molecule has 0 aliphatic heterocycles. The summed E-state index contributed by atoms with van der Waals surface area (Å²) in [5.74, 6) is -1.61. The molecule has 0 radical (unpaired) electrons. The van der Waals surface area contributed by atoms with Gasteiger partial charge in [0, 0.05) is 16.7 Å². The number of aliphatic hydroxyl groups is 8. The first-order chi connectivity index (χ1) is 18.3. The summed E-state index contributed by atoms with van der Waals surface area (Å²) in [4.78, 5) is 0. The van der Waals surface area contributed by atoms with Crippen molar-refractivity contribution < 1.29 is 87.6 Å². The van der Waals surface area contributed by atoms with Gasteiger partial charge in [0.1, 0.15) is 35.1 Å². The summed E-state index contributed by atoms with van der Waals surface area (Å²) in [6, 6.07) is 0. The second-order valence-corrected chi connectivity index (χ2v) is 14.4. The van der Waals surface area contributed by atoms with E-state index < -0.39 is 74.5 Å². The van der Waals surface area contributed by atoms with E-state index in [4.69, 9.17) is 0 Å². The minimum absolute atomic E-state index is 0. The van der Waals surface area contributed by atoms with Crippen molar-refractivity contribution >= 4 is 10.4 Å². The summed E-state index contributed by atoms with van der Waals surface area (Å²) in [6.45, 7) is 6.84. The van der Waals surface area contributed by atoms with Crippen molar-refractivity contribution in [2.45, 2.75) is 120 Å². The molecule has 4 saturated carbocycles. The van der Waals surface area contributed by atoms with Gasteiger partial charge in [-0.1, -0.05) is 32.4 Å². The maximum atomic E-state index is 12.5. The summed E-state index contributed by atoms with van der Waals surface area (Å²) in [6.07, 6.45) is -6.56. The molecule has 14 heteroatoms. The molecule has 4 aliphatic carbocycles. The van der Waals surface area contributed by atoms with Crippen LogP contribution in [0.15, 0.2) is 11.6 Å². The van der Waals surface area contributed by atoms with Crippen LogP contribution < -0.4 is 29.6 Å². The number of hydrogen-bond donors (Lipinski definition) is 8. The number of rotatable bonds is 7. The van der Waals surface area contributed by atoms with E-state index in [2.05, 4.69) is 4.18 Å². The molecule has 0 saturated heterocycles. The van der Waals surface area contributed by atoms with Crippen LogP contribution in [0.1, 0.15) is 72.6 Å². The van der Waals surface area contributed by atoms with Gasteiger partial charge in [-0.3, -0.25) is 4.18 Å². The molecular weight excluding hydrogens is 571 g/mol. The van der Waals surface area contributed by atoms with Gasteiger partial charge >= 0.3 is 29.6 Å². The van der Waals surface area contributed by atoms with E-state index in [1.807, 2.05) is 13.0 Å². The van der Waals surface area contributed by atoms with E-state index >= 15 is 0 Å². The zero-order valence-corrected chi connectivity index (χ0v) is 27.3. The Kier molecular flexibility index (Phi) is 10.1. The van der Waals surface area contributed by atoms with Crippen molar-refractivity contribution in [1.29, 1.82) is 0 Å². The van der Waals surface area contributed by atoms with E-state index in [-0.39, 0.29) is 80.1 Å². The first-order valence-corrected chi connectivity index (χ1v) is 15.4. The van der Waals surface area contributed by atoms with Crippen molar-refractivity contribution in [3.05, 3.63) is 11.6 Å². The molecule has 4 rings (SSSR count). The molecule has 4 aliphatic rings. The maximum Gasteiger partial charge on any atom is 1.00 e. The van der Waals surface area contributed by atoms with E-state index in [0.29, 0.717) is 12.8 Å². The fourth-order valence-electron chi connectivity index (χ4n) is 9.43. The average Bonchev–Trinajstić information content (AvgIpc) is 3.09. The first-order valence-electron chi connectivity index (χ1n) is 14.1. The fourth-order valence-corrected chi connectivity index (χ4v) is 9.93. The molecule has 8 N–H and O–H groups in total. The zero-order chi connectivity index (χ0) is 30.3. The molecule has 1 unspecified atom stereocenters. The van der Waals surface area contributed by atoms with Gasteiger partial charge in [-0.2, -0.15) is 0 Å². The quantitative estimate of drug-likeness (QED) is 0.0594. The number of fused-ring (bicyclic) bond motifs is 5. The van der Waals surface area contributed by atoms with Gasteiger partial charge in [-0.25, -0.2) is 8.42 Å². The molecule has 0 aromatic rings. The Hall–Kier alpha value is 0.290. The fraction of sp³-hybridized carbons (Fsp3) is 0.926. The standard InChI is InChI=1S/C27H46O12S.Na/c1-14(13-28)6-5-7-15(2)16-12-19(30)27(35)23(16,3)11-9-18-24(4)10-8-17(29)20(31)26(24,34)22(39-40(36,37)38)21(32)25(18,27)33;/h6,15-22,28-35H,5,7-13H2,1-4H3,(H,36,37,38);/q;+1/p-1/b14-6+;/t15-,16-,17+,18?,19+,20+,21+,22+,23-,24-,25-,26+,27+;/m1./s1. The van der Waals surface area contributed by atoms with Gasteiger partial charge in [0.25, 0.3) is 0 Å². The second kappa shape index (κ2) is 11.6. The van der Waals surface area contributed by atoms with Crippen LogP contribution in [-0.4, -0.2) is 108 Å².